The summed E-state index contributed by atoms with van der Waals surface area (Å²) in [6.07, 6.45) is -4.23. The summed E-state index contributed by atoms with van der Waals surface area (Å²) in [5, 5.41) is 62.9. The maximum absolute atomic E-state index is 13.3. The summed E-state index contributed by atoms with van der Waals surface area (Å²) in [6, 6.07) is 0. The van der Waals surface area contributed by atoms with Crippen LogP contribution < -0.4 is 21.7 Å². The lowest BCUT2D eigenvalue weighted by Crippen LogP contribution is -2.57. The van der Waals surface area contributed by atoms with Crippen LogP contribution in [0, 0.1) is 13.8 Å². The average molecular weight is 547 g/mol. The number of aromatic nitrogens is 4. The van der Waals surface area contributed by atoms with Gasteiger partial charge < -0.3 is 35.2 Å². The zero-order valence-electron chi connectivity index (χ0n) is 22.2. The third kappa shape index (κ3) is 4.61. The topological polar surface area (TPSA) is 225 Å². The van der Waals surface area contributed by atoms with Crippen molar-refractivity contribution in [2.24, 2.45) is 0 Å². The first-order chi connectivity index (χ1) is 18.0. The molecule has 210 valence electrons. The Labute approximate surface area is 220 Å². The van der Waals surface area contributed by atoms with E-state index in [9.17, 15) is 49.8 Å². The Kier molecular flexibility index (Phi) is 7.81. The quantitative estimate of drug-likeness (QED) is 0.180. The highest BCUT2D eigenvalue weighted by Gasteiger charge is 2.45. The predicted octanol–water partition coefficient (Wildman–Crippen LogP) is -2.26. The molecule has 3 unspecified atom stereocenters. The lowest BCUT2D eigenvalue weighted by atomic mass is 9.88. The van der Waals surface area contributed by atoms with E-state index in [2.05, 4.69) is 9.97 Å². The number of hydrogen-bond donors (Lipinski definition) is 6. The normalized spacial score (nSPS) is 16.6. The first-order valence-corrected chi connectivity index (χ1v) is 11.8. The summed E-state index contributed by atoms with van der Waals surface area (Å²) in [6.45, 7) is 5.77. The smallest absolute Gasteiger partial charge is 0.359 e. The first-order valence-electron chi connectivity index (χ1n) is 11.8. The molecule has 0 radical (unpaired) electrons. The zero-order valence-corrected chi connectivity index (χ0v) is 22.2. The van der Waals surface area contributed by atoms with E-state index in [-0.39, 0.29) is 37.6 Å². The Bertz CT molecular complexity index is 1730. The molecule has 0 aromatic heterocycles. The average Bonchev–Trinajstić information content (AvgIpc) is 2.83. The van der Waals surface area contributed by atoms with Gasteiger partial charge in [0.15, 0.2) is 22.9 Å². The number of nitrogens with zero attached hydrogens (tertiary/aromatic N) is 4. The predicted molar refractivity (Wildman–Crippen MR) is 138 cm³/mol. The van der Waals surface area contributed by atoms with Crippen molar-refractivity contribution >= 4 is 34.2 Å². The van der Waals surface area contributed by atoms with Gasteiger partial charge in [0.2, 0.25) is 5.91 Å². The van der Waals surface area contributed by atoms with Gasteiger partial charge in [-0.05, 0) is 45.7 Å². The van der Waals surface area contributed by atoms with Crippen LogP contribution in [0.1, 0.15) is 43.6 Å². The minimum atomic E-state index is -2.83. The molecule has 3 rings (SSSR count). The van der Waals surface area contributed by atoms with Crippen LogP contribution in [0.15, 0.2) is 9.59 Å². The number of fused-ring (bicyclic) bond motifs is 2. The molecular weight excluding hydrogens is 516 g/mol. The van der Waals surface area contributed by atoms with Crippen molar-refractivity contribution in [3.8, 4) is 11.5 Å². The third-order valence-electron chi connectivity index (χ3n) is 6.86. The standard InChI is InChI=1S/C25H30N4O10/c1-9-10(2)17(12(4)32)20-18(16(9)11(3)31)26-19-22(27-24(38)29(14(6)34)23(19)37)28(20)8-25(39,13(5)33)21(36)15(35)7-30/h15,21,30-32,35-36,39H,7-8H2,1-6H3/b16-11-,17-12-. The van der Waals surface area contributed by atoms with Crippen LogP contribution in [0.3, 0.4) is 0 Å². The van der Waals surface area contributed by atoms with Gasteiger partial charge >= 0.3 is 5.69 Å². The van der Waals surface area contributed by atoms with Crippen LogP contribution >= 0.6 is 0 Å². The SMILES string of the molecule is CC(=O)n1c(=O)nc2n(CC(O)(C(C)=O)C(O)C(O)CO)c3/c(=C(/C)O)c(C)c(C)/c(=C(\C)O)c3nc-2c1=O. The van der Waals surface area contributed by atoms with Crippen molar-refractivity contribution in [1.29, 1.82) is 0 Å². The van der Waals surface area contributed by atoms with Gasteiger partial charge in [-0.2, -0.15) is 9.55 Å². The van der Waals surface area contributed by atoms with Crippen molar-refractivity contribution in [3.05, 3.63) is 42.4 Å². The van der Waals surface area contributed by atoms with Gasteiger partial charge in [-0.1, -0.05) is 0 Å². The molecule has 3 atom stereocenters. The highest BCUT2D eigenvalue weighted by Crippen LogP contribution is 2.25. The maximum atomic E-state index is 13.3. The fourth-order valence-electron chi connectivity index (χ4n) is 4.71. The molecule has 0 fully saturated rings. The molecule has 14 heteroatoms. The number of ketones is 1. The second kappa shape index (κ2) is 10.3. The minimum absolute atomic E-state index is 0.0914. The molecule has 0 saturated carbocycles. The fourth-order valence-corrected chi connectivity index (χ4v) is 4.71. The highest BCUT2D eigenvalue weighted by atomic mass is 16.4. The number of aliphatic hydroxyl groups excluding tert-OH is 5. The van der Waals surface area contributed by atoms with E-state index < -0.39 is 65.4 Å². The Morgan fingerprint density at radius 3 is 1.95 bits per heavy atom. The molecule has 0 aliphatic carbocycles. The van der Waals surface area contributed by atoms with Crippen molar-refractivity contribution in [1.82, 2.24) is 19.1 Å². The molecule has 1 aromatic rings. The summed E-state index contributed by atoms with van der Waals surface area (Å²) < 4.78 is 1.21. The van der Waals surface area contributed by atoms with E-state index in [1.807, 2.05) is 0 Å². The van der Waals surface area contributed by atoms with Gasteiger partial charge in [-0.25, -0.2) is 9.78 Å². The second-order valence-electron chi connectivity index (χ2n) is 9.47. The second-order valence-corrected chi connectivity index (χ2v) is 9.47. The van der Waals surface area contributed by atoms with Gasteiger partial charge in [-0.15, -0.1) is 0 Å². The molecule has 39 heavy (non-hydrogen) atoms. The summed E-state index contributed by atoms with van der Waals surface area (Å²) in [5.74, 6) is -3.07. The van der Waals surface area contributed by atoms with Crippen LogP contribution in [0.5, 0.6) is 0 Å². The zero-order chi connectivity index (χ0) is 29.7. The highest BCUT2D eigenvalue weighted by molar-refractivity contribution is 5.88. The monoisotopic (exact) mass is 546 g/mol. The minimum Gasteiger partial charge on any atom is -0.512 e. The van der Waals surface area contributed by atoms with Crippen LogP contribution in [-0.2, 0) is 11.3 Å². The fraction of sp³-hybridized carbons (Fsp3) is 0.440. The molecule has 0 spiro atoms. The molecule has 1 aromatic carbocycles. The van der Waals surface area contributed by atoms with Crippen molar-refractivity contribution < 1.29 is 40.2 Å². The summed E-state index contributed by atoms with van der Waals surface area (Å²) >= 11 is 0. The Morgan fingerprint density at radius 2 is 1.49 bits per heavy atom. The number of carbonyl (C=O) groups is 2. The Morgan fingerprint density at radius 1 is 0.949 bits per heavy atom. The van der Waals surface area contributed by atoms with Crippen molar-refractivity contribution in [3.63, 3.8) is 0 Å². The Hall–Kier alpha value is -3.98. The molecule has 0 bridgehead atoms. The third-order valence-corrected chi connectivity index (χ3v) is 6.86. The number of rotatable bonds is 6. The van der Waals surface area contributed by atoms with E-state index >= 15 is 0 Å². The number of hydrogen-bond acceptors (Lipinski definition) is 12. The summed E-state index contributed by atoms with van der Waals surface area (Å²) in [5.41, 5.74) is -5.21. The number of Topliss-reactive ketones (excluding diaryl/α,β-unsaturated/α-hetero) is 1. The van der Waals surface area contributed by atoms with E-state index in [0.717, 1.165) is 18.4 Å². The van der Waals surface area contributed by atoms with Crippen molar-refractivity contribution in [2.75, 3.05) is 6.61 Å². The van der Waals surface area contributed by atoms with Gasteiger partial charge in [0.1, 0.15) is 12.2 Å². The first kappa shape index (κ1) is 29.6. The lowest BCUT2D eigenvalue weighted by molar-refractivity contribution is -0.166. The van der Waals surface area contributed by atoms with Crippen LogP contribution in [0.4, 0.5) is 0 Å². The van der Waals surface area contributed by atoms with Crippen LogP contribution in [0.25, 0.3) is 34.1 Å². The Balaban J connectivity index is 2.81. The molecule has 6 N–H and O–H groups in total. The molecule has 2 heterocycles. The molecule has 14 nitrogen and oxygen atoms in total. The van der Waals surface area contributed by atoms with E-state index in [4.69, 9.17) is 0 Å². The van der Waals surface area contributed by atoms with Gasteiger partial charge in [0.05, 0.1) is 35.7 Å². The summed E-state index contributed by atoms with van der Waals surface area (Å²) in [7, 11) is 0. The molecule has 0 saturated heterocycles. The van der Waals surface area contributed by atoms with Gasteiger partial charge in [-0.3, -0.25) is 14.4 Å². The van der Waals surface area contributed by atoms with Crippen molar-refractivity contribution in [2.45, 2.75) is 65.9 Å². The lowest BCUT2D eigenvalue weighted by Gasteiger charge is -2.34. The molecular formula is C25H30N4O10. The largest absolute Gasteiger partial charge is 0.512 e. The van der Waals surface area contributed by atoms with E-state index in [0.29, 0.717) is 11.1 Å². The van der Waals surface area contributed by atoms with Crippen LogP contribution in [0.2, 0.25) is 0 Å². The van der Waals surface area contributed by atoms with E-state index in [1.54, 1.807) is 13.8 Å². The summed E-state index contributed by atoms with van der Waals surface area (Å²) in [4.78, 5) is 58.9. The van der Waals surface area contributed by atoms with Gasteiger partial charge in [0.25, 0.3) is 5.56 Å². The molecule has 2 aliphatic heterocycles. The number of benzene rings is 1. The van der Waals surface area contributed by atoms with Crippen LogP contribution in [-0.4, -0.2) is 85.8 Å². The van der Waals surface area contributed by atoms with E-state index in [1.165, 1.54) is 13.8 Å². The van der Waals surface area contributed by atoms with Gasteiger partial charge in [0, 0.05) is 17.4 Å². The molecule has 0 amide bonds. The number of aliphatic hydroxyl groups is 6. The maximum Gasteiger partial charge on any atom is 0.359 e. The molecule has 2 aliphatic rings. The number of carbonyl (C=O) groups excluding carboxylic acids is 2.